The van der Waals surface area contributed by atoms with Crippen LogP contribution in [0.4, 0.5) is 0 Å². The van der Waals surface area contributed by atoms with Crippen LogP contribution >= 0.6 is 11.6 Å². The molecule has 0 aliphatic rings. The van der Waals surface area contributed by atoms with Gasteiger partial charge in [0.2, 0.25) is 0 Å². The maximum absolute atomic E-state index is 8.94. The Labute approximate surface area is 163 Å². The Morgan fingerprint density at radius 1 is 1.00 bits per heavy atom. The van der Waals surface area contributed by atoms with Gasteiger partial charge in [0, 0.05) is 30.1 Å². The molecule has 1 heterocycles. The number of halogens is 1. The van der Waals surface area contributed by atoms with Crippen molar-refractivity contribution in [1.82, 2.24) is 4.57 Å². The molecule has 0 N–H and O–H groups in total. The first-order valence-corrected chi connectivity index (χ1v) is 9.01. The first-order chi connectivity index (χ1) is 13.1. The molecule has 0 bridgehead atoms. The van der Waals surface area contributed by atoms with Gasteiger partial charge in [-0.15, -0.1) is 0 Å². The summed E-state index contributed by atoms with van der Waals surface area (Å²) in [5.41, 5.74) is 4.18. The third kappa shape index (κ3) is 3.53. The maximum Gasteiger partial charge on any atom is 0.146 e. The molecule has 132 valence electrons. The minimum atomic E-state index is 0.423. The van der Waals surface area contributed by atoms with Gasteiger partial charge < -0.3 is 9.30 Å². The normalized spacial score (nSPS) is 10.7. The number of nitriles is 1. The van der Waals surface area contributed by atoms with Crippen LogP contribution in [-0.2, 0) is 13.5 Å². The van der Waals surface area contributed by atoms with E-state index in [1.165, 1.54) is 11.3 Å². The van der Waals surface area contributed by atoms with Crippen LogP contribution in [0.1, 0.15) is 16.8 Å². The molecule has 3 aromatic carbocycles. The summed E-state index contributed by atoms with van der Waals surface area (Å²) < 4.78 is 8.14. The molecule has 0 fully saturated rings. The number of hydrogen-bond acceptors (Lipinski definition) is 2. The van der Waals surface area contributed by atoms with Gasteiger partial charge in [0.1, 0.15) is 11.5 Å². The smallest absolute Gasteiger partial charge is 0.146 e. The van der Waals surface area contributed by atoms with Crippen molar-refractivity contribution in [3.8, 4) is 17.6 Å². The zero-order valence-corrected chi connectivity index (χ0v) is 15.6. The molecule has 0 spiro atoms. The van der Waals surface area contributed by atoms with Crippen molar-refractivity contribution in [3.63, 3.8) is 0 Å². The van der Waals surface area contributed by atoms with Crippen LogP contribution in [0.2, 0.25) is 5.02 Å². The van der Waals surface area contributed by atoms with Gasteiger partial charge in [-0.25, -0.2) is 0 Å². The predicted octanol–water partition coefficient (Wildman–Crippen LogP) is 6.09. The molecule has 0 aliphatic carbocycles. The van der Waals surface area contributed by atoms with E-state index in [0.29, 0.717) is 22.1 Å². The van der Waals surface area contributed by atoms with Crippen LogP contribution in [0.3, 0.4) is 0 Å². The lowest BCUT2D eigenvalue weighted by Gasteiger charge is -2.08. The van der Waals surface area contributed by atoms with Crippen molar-refractivity contribution in [3.05, 3.63) is 94.6 Å². The lowest BCUT2D eigenvalue weighted by molar-refractivity contribution is 0.483. The Kier molecular flexibility index (Phi) is 4.58. The second-order valence-electron chi connectivity index (χ2n) is 6.44. The lowest BCUT2D eigenvalue weighted by Crippen LogP contribution is -1.97. The molecule has 0 radical (unpaired) electrons. The van der Waals surface area contributed by atoms with Crippen molar-refractivity contribution >= 4 is 22.5 Å². The maximum atomic E-state index is 8.94. The largest absolute Gasteiger partial charge is 0.456 e. The minimum absolute atomic E-state index is 0.423. The van der Waals surface area contributed by atoms with Crippen molar-refractivity contribution in [2.24, 2.45) is 7.05 Å². The van der Waals surface area contributed by atoms with Gasteiger partial charge in [-0.05, 0) is 48.0 Å². The number of fused-ring (bicyclic) bond motifs is 1. The number of aryl methyl sites for hydroxylation is 1. The zero-order valence-electron chi connectivity index (χ0n) is 14.8. The zero-order chi connectivity index (χ0) is 18.8. The van der Waals surface area contributed by atoms with Crippen LogP contribution in [0.25, 0.3) is 10.9 Å². The first-order valence-electron chi connectivity index (χ1n) is 8.64. The number of aromatic nitrogens is 1. The molecule has 4 rings (SSSR count). The molecular weight excluding hydrogens is 356 g/mol. The van der Waals surface area contributed by atoms with E-state index in [4.69, 9.17) is 21.6 Å². The van der Waals surface area contributed by atoms with E-state index >= 15 is 0 Å². The molecule has 0 atom stereocenters. The highest BCUT2D eigenvalue weighted by molar-refractivity contribution is 6.32. The number of rotatable bonds is 4. The van der Waals surface area contributed by atoms with Gasteiger partial charge in [0.25, 0.3) is 0 Å². The van der Waals surface area contributed by atoms with E-state index < -0.39 is 0 Å². The standard InChI is InChI=1S/C23H17ClN2O/c1-26-19(11-16-5-3-2-4-6-16)13-18-14-20(8-9-22(18)26)27-23-10-7-17(15-25)12-21(23)24/h2-10,12-14H,11H2,1H3. The SMILES string of the molecule is Cn1c(Cc2ccccc2)cc2cc(Oc3ccc(C#N)cc3Cl)ccc21. The summed E-state index contributed by atoms with van der Waals surface area (Å²) in [6.07, 6.45) is 0.879. The molecular formula is C23H17ClN2O. The molecule has 4 aromatic rings. The Hall–Kier alpha value is -3.22. The highest BCUT2D eigenvalue weighted by Gasteiger charge is 2.10. The summed E-state index contributed by atoms with van der Waals surface area (Å²) in [5, 5.41) is 10.5. The molecule has 1 aromatic heterocycles. The Balaban J connectivity index is 1.64. The van der Waals surface area contributed by atoms with Crippen molar-refractivity contribution in [2.75, 3.05) is 0 Å². The van der Waals surface area contributed by atoms with Gasteiger partial charge >= 0.3 is 0 Å². The third-order valence-corrected chi connectivity index (χ3v) is 4.93. The average molecular weight is 373 g/mol. The Morgan fingerprint density at radius 3 is 2.56 bits per heavy atom. The minimum Gasteiger partial charge on any atom is -0.456 e. The predicted molar refractivity (Wildman–Crippen MR) is 108 cm³/mol. The summed E-state index contributed by atoms with van der Waals surface area (Å²) in [6, 6.07) is 25.7. The molecule has 0 unspecified atom stereocenters. The third-order valence-electron chi connectivity index (χ3n) is 4.63. The molecule has 0 aliphatic heterocycles. The quantitative estimate of drug-likeness (QED) is 0.435. The monoisotopic (exact) mass is 372 g/mol. The Morgan fingerprint density at radius 2 is 1.81 bits per heavy atom. The van der Waals surface area contributed by atoms with E-state index in [1.807, 2.05) is 18.2 Å². The summed E-state index contributed by atoms with van der Waals surface area (Å²) >= 11 is 6.22. The molecule has 0 saturated carbocycles. The highest BCUT2D eigenvalue weighted by atomic mass is 35.5. The summed E-state index contributed by atoms with van der Waals surface area (Å²) in [6.45, 7) is 0. The second kappa shape index (κ2) is 7.19. The molecule has 27 heavy (non-hydrogen) atoms. The van der Waals surface area contributed by atoms with Crippen LogP contribution in [0.15, 0.2) is 72.8 Å². The molecule has 0 saturated heterocycles. The highest BCUT2D eigenvalue weighted by Crippen LogP contribution is 2.32. The van der Waals surface area contributed by atoms with Crippen LogP contribution in [0, 0.1) is 11.3 Å². The average Bonchev–Trinajstić information content (AvgIpc) is 2.99. The first kappa shape index (κ1) is 17.2. The van der Waals surface area contributed by atoms with E-state index in [-0.39, 0.29) is 0 Å². The summed E-state index contributed by atoms with van der Waals surface area (Å²) in [7, 11) is 2.08. The van der Waals surface area contributed by atoms with Gasteiger partial charge in [0.05, 0.1) is 16.7 Å². The van der Waals surface area contributed by atoms with Crippen LogP contribution in [0.5, 0.6) is 11.5 Å². The van der Waals surface area contributed by atoms with E-state index in [0.717, 1.165) is 17.3 Å². The molecule has 3 nitrogen and oxygen atoms in total. The van der Waals surface area contributed by atoms with E-state index in [9.17, 15) is 0 Å². The molecule has 4 heteroatoms. The van der Waals surface area contributed by atoms with Gasteiger partial charge in [-0.1, -0.05) is 41.9 Å². The fraction of sp³-hybridized carbons (Fsp3) is 0.0870. The second-order valence-corrected chi connectivity index (χ2v) is 6.84. The number of hydrogen-bond donors (Lipinski definition) is 0. The lowest BCUT2D eigenvalue weighted by atomic mass is 10.1. The van der Waals surface area contributed by atoms with Crippen molar-refractivity contribution in [1.29, 1.82) is 5.26 Å². The van der Waals surface area contributed by atoms with Gasteiger partial charge in [-0.3, -0.25) is 0 Å². The number of benzene rings is 3. The van der Waals surface area contributed by atoms with Gasteiger partial charge in [0.15, 0.2) is 0 Å². The summed E-state index contributed by atoms with van der Waals surface area (Å²) in [5.74, 6) is 1.25. The number of nitrogens with zero attached hydrogens (tertiary/aromatic N) is 2. The van der Waals surface area contributed by atoms with Crippen molar-refractivity contribution in [2.45, 2.75) is 6.42 Å². The Bertz CT molecular complexity index is 1160. The fourth-order valence-corrected chi connectivity index (χ4v) is 3.42. The van der Waals surface area contributed by atoms with Crippen LogP contribution < -0.4 is 4.74 Å². The molecule has 0 amide bonds. The number of ether oxygens (including phenoxy) is 1. The summed E-state index contributed by atoms with van der Waals surface area (Å²) in [4.78, 5) is 0. The van der Waals surface area contributed by atoms with Gasteiger partial charge in [-0.2, -0.15) is 5.26 Å². The van der Waals surface area contributed by atoms with E-state index in [1.54, 1.807) is 18.2 Å². The fourth-order valence-electron chi connectivity index (χ4n) is 3.20. The van der Waals surface area contributed by atoms with Crippen molar-refractivity contribution < 1.29 is 4.74 Å². The topological polar surface area (TPSA) is 38.0 Å². The van der Waals surface area contributed by atoms with Crippen LogP contribution in [-0.4, -0.2) is 4.57 Å². The van der Waals surface area contributed by atoms with E-state index in [2.05, 4.69) is 54.1 Å².